The van der Waals surface area contributed by atoms with Crippen molar-refractivity contribution in [3.05, 3.63) is 54.7 Å². The second-order valence-corrected chi connectivity index (χ2v) is 6.65. The van der Waals surface area contributed by atoms with Crippen LogP contribution in [0.5, 0.6) is 0 Å². The maximum Gasteiger partial charge on any atom is 0.0960 e. The molecule has 3 fully saturated rings. The molecule has 3 heteroatoms. The molecule has 2 aromatic rings. The number of piperidine rings is 3. The van der Waals surface area contributed by atoms with Gasteiger partial charge in [0.2, 0.25) is 0 Å². The Labute approximate surface area is 131 Å². The number of rotatable bonds is 3. The summed E-state index contributed by atoms with van der Waals surface area (Å²) in [5.41, 5.74) is 1.92. The largest absolute Gasteiger partial charge is 0.387 e. The first-order chi connectivity index (χ1) is 10.8. The molecule has 0 saturated carbocycles. The van der Waals surface area contributed by atoms with Crippen molar-refractivity contribution >= 4 is 10.9 Å². The Morgan fingerprint density at radius 2 is 2.23 bits per heavy atom. The van der Waals surface area contributed by atoms with Gasteiger partial charge in [0.25, 0.3) is 0 Å². The SMILES string of the molecule is C=C[C@@H]1CN2CC[C@H]1C[C@@H]2[C@H](O)c1cnc2ccccc2c1. The van der Waals surface area contributed by atoms with Crippen molar-refractivity contribution in [1.29, 1.82) is 0 Å². The van der Waals surface area contributed by atoms with Gasteiger partial charge in [-0.1, -0.05) is 24.3 Å². The summed E-state index contributed by atoms with van der Waals surface area (Å²) in [5.74, 6) is 1.27. The van der Waals surface area contributed by atoms with E-state index in [1.807, 2.05) is 24.4 Å². The quantitative estimate of drug-likeness (QED) is 0.883. The van der Waals surface area contributed by atoms with Gasteiger partial charge in [0.15, 0.2) is 0 Å². The molecule has 1 aromatic carbocycles. The Kier molecular flexibility index (Phi) is 3.47. The number of aliphatic hydroxyl groups is 1. The minimum atomic E-state index is -0.453. The van der Waals surface area contributed by atoms with Gasteiger partial charge in [-0.3, -0.25) is 9.88 Å². The van der Waals surface area contributed by atoms with Crippen LogP contribution in [-0.4, -0.2) is 34.1 Å². The highest BCUT2D eigenvalue weighted by atomic mass is 16.3. The second-order valence-electron chi connectivity index (χ2n) is 6.65. The summed E-state index contributed by atoms with van der Waals surface area (Å²) in [6, 6.07) is 10.4. The number of aromatic nitrogens is 1. The summed E-state index contributed by atoms with van der Waals surface area (Å²) < 4.78 is 0. The Morgan fingerprint density at radius 3 is 3.00 bits per heavy atom. The molecule has 1 N–H and O–H groups in total. The summed E-state index contributed by atoms with van der Waals surface area (Å²) >= 11 is 0. The van der Waals surface area contributed by atoms with Gasteiger partial charge < -0.3 is 5.11 Å². The summed E-state index contributed by atoms with van der Waals surface area (Å²) in [7, 11) is 0. The van der Waals surface area contributed by atoms with Gasteiger partial charge >= 0.3 is 0 Å². The molecule has 3 nitrogen and oxygen atoms in total. The van der Waals surface area contributed by atoms with E-state index in [-0.39, 0.29) is 6.04 Å². The average molecular weight is 294 g/mol. The average Bonchev–Trinajstić information content (AvgIpc) is 2.60. The van der Waals surface area contributed by atoms with E-state index >= 15 is 0 Å². The third-order valence-electron chi connectivity index (χ3n) is 5.47. The molecule has 3 aliphatic rings. The van der Waals surface area contributed by atoms with Crippen LogP contribution in [0.1, 0.15) is 24.5 Å². The predicted molar refractivity (Wildman–Crippen MR) is 88.5 cm³/mol. The zero-order valence-corrected chi connectivity index (χ0v) is 12.7. The lowest BCUT2D eigenvalue weighted by atomic mass is 9.74. The lowest BCUT2D eigenvalue weighted by molar-refractivity contribution is -0.0449. The molecular weight excluding hydrogens is 272 g/mol. The molecule has 1 aromatic heterocycles. The number of nitrogens with zero attached hydrogens (tertiary/aromatic N) is 2. The number of fused-ring (bicyclic) bond motifs is 4. The van der Waals surface area contributed by atoms with E-state index in [0.29, 0.717) is 11.8 Å². The highest BCUT2D eigenvalue weighted by Gasteiger charge is 2.42. The number of hydrogen-bond acceptors (Lipinski definition) is 3. The zero-order valence-electron chi connectivity index (χ0n) is 12.7. The number of benzene rings is 1. The third-order valence-corrected chi connectivity index (χ3v) is 5.47. The van der Waals surface area contributed by atoms with Crippen LogP contribution < -0.4 is 0 Å². The monoisotopic (exact) mass is 294 g/mol. The van der Waals surface area contributed by atoms with Gasteiger partial charge in [0, 0.05) is 29.7 Å². The van der Waals surface area contributed by atoms with Gasteiger partial charge in [0.1, 0.15) is 0 Å². The van der Waals surface area contributed by atoms with Crippen LogP contribution in [0.2, 0.25) is 0 Å². The van der Waals surface area contributed by atoms with Crippen molar-refractivity contribution in [3.63, 3.8) is 0 Å². The lowest BCUT2D eigenvalue weighted by Gasteiger charge is -2.50. The number of para-hydroxylation sites is 1. The molecule has 5 rings (SSSR count). The highest BCUT2D eigenvalue weighted by molar-refractivity contribution is 5.78. The van der Waals surface area contributed by atoms with Crippen LogP contribution in [0.3, 0.4) is 0 Å². The predicted octanol–water partition coefficient (Wildman–Crippen LogP) is 3.16. The van der Waals surface area contributed by atoms with Gasteiger partial charge in [0.05, 0.1) is 11.6 Å². The lowest BCUT2D eigenvalue weighted by Crippen LogP contribution is -2.54. The standard InChI is InChI=1S/C19H22N2O/c1-2-13-12-21-8-7-14(13)10-18(21)19(22)16-9-15-5-3-4-6-17(15)20-11-16/h2-6,9,11,13-14,18-19,22H,1,7-8,10,12H2/t13-,14+,18-,19-/m1/s1. The summed E-state index contributed by atoms with van der Waals surface area (Å²) in [6.45, 7) is 6.10. The maximum atomic E-state index is 10.9. The van der Waals surface area contributed by atoms with Crippen LogP contribution >= 0.6 is 0 Å². The van der Waals surface area contributed by atoms with Crippen LogP contribution in [0.15, 0.2) is 49.2 Å². The first-order valence-electron chi connectivity index (χ1n) is 8.15. The molecule has 1 unspecified atom stereocenters. The molecule has 3 saturated heterocycles. The Hall–Kier alpha value is -1.71. The smallest absolute Gasteiger partial charge is 0.0960 e. The molecule has 2 bridgehead atoms. The van der Waals surface area contributed by atoms with E-state index in [4.69, 9.17) is 0 Å². The van der Waals surface area contributed by atoms with E-state index in [0.717, 1.165) is 36.0 Å². The number of hydrogen-bond donors (Lipinski definition) is 1. The van der Waals surface area contributed by atoms with E-state index in [1.54, 1.807) is 0 Å². The summed E-state index contributed by atoms with van der Waals surface area (Å²) in [6.07, 6.45) is 5.77. The van der Waals surface area contributed by atoms with Gasteiger partial charge in [-0.15, -0.1) is 6.58 Å². The summed E-state index contributed by atoms with van der Waals surface area (Å²) in [4.78, 5) is 6.93. The molecule has 3 aliphatic heterocycles. The molecule has 114 valence electrons. The second kappa shape index (κ2) is 5.49. The molecular formula is C19H22N2O. The molecule has 0 spiro atoms. The molecule has 5 atom stereocenters. The van der Waals surface area contributed by atoms with Crippen LogP contribution in [-0.2, 0) is 0 Å². The van der Waals surface area contributed by atoms with Crippen molar-refractivity contribution in [2.24, 2.45) is 11.8 Å². The van der Waals surface area contributed by atoms with Crippen LogP contribution in [0, 0.1) is 11.8 Å². The van der Waals surface area contributed by atoms with Crippen molar-refractivity contribution in [2.75, 3.05) is 13.1 Å². The third kappa shape index (κ3) is 2.25. The van der Waals surface area contributed by atoms with Gasteiger partial charge in [-0.25, -0.2) is 0 Å². The maximum absolute atomic E-state index is 10.9. The Morgan fingerprint density at radius 1 is 1.36 bits per heavy atom. The Balaban J connectivity index is 1.61. The van der Waals surface area contributed by atoms with Gasteiger partial charge in [-0.05, 0) is 43.4 Å². The minimum absolute atomic E-state index is 0.220. The van der Waals surface area contributed by atoms with Crippen LogP contribution in [0.4, 0.5) is 0 Å². The van der Waals surface area contributed by atoms with E-state index in [2.05, 4.69) is 34.7 Å². The van der Waals surface area contributed by atoms with E-state index in [1.165, 1.54) is 6.42 Å². The Bertz CT molecular complexity index is 699. The zero-order chi connectivity index (χ0) is 15.1. The first kappa shape index (κ1) is 13.9. The van der Waals surface area contributed by atoms with Crippen molar-refractivity contribution < 1.29 is 5.11 Å². The van der Waals surface area contributed by atoms with E-state index in [9.17, 15) is 5.11 Å². The molecule has 0 radical (unpaired) electrons. The molecule has 0 aliphatic carbocycles. The minimum Gasteiger partial charge on any atom is -0.387 e. The van der Waals surface area contributed by atoms with Gasteiger partial charge in [-0.2, -0.15) is 0 Å². The normalized spacial score (nSPS) is 32.0. The fourth-order valence-corrected chi connectivity index (χ4v) is 4.18. The molecule has 22 heavy (non-hydrogen) atoms. The van der Waals surface area contributed by atoms with Crippen molar-refractivity contribution in [2.45, 2.75) is 25.0 Å². The number of aliphatic hydroxyl groups excluding tert-OH is 1. The first-order valence-corrected chi connectivity index (χ1v) is 8.15. The molecule has 4 heterocycles. The highest BCUT2D eigenvalue weighted by Crippen LogP contribution is 2.41. The number of pyridine rings is 1. The van der Waals surface area contributed by atoms with Crippen molar-refractivity contribution in [3.8, 4) is 0 Å². The molecule has 0 amide bonds. The van der Waals surface area contributed by atoms with E-state index < -0.39 is 6.10 Å². The van der Waals surface area contributed by atoms with Crippen LogP contribution in [0.25, 0.3) is 10.9 Å². The summed E-state index contributed by atoms with van der Waals surface area (Å²) in [5, 5.41) is 12.0. The van der Waals surface area contributed by atoms with Crippen molar-refractivity contribution in [1.82, 2.24) is 9.88 Å². The fraction of sp³-hybridized carbons (Fsp3) is 0.421. The fourth-order valence-electron chi connectivity index (χ4n) is 4.18. The topological polar surface area (TPSA) is 36.4 Å².